The molecule has 1 aliphatic carbocycles. The van der Waals surface area contributed by atoms with Gasteiger partial charge in [-0.05, 0) is 48.2 Å². The van der Waals surface area contributed by atoms with Gasteiger partial charge in [0.2, 0.25) is 5.91 Å². The molecule has 0 saturated heterocycles. The van der Waals surface area contributed by atoms with Crippen LogP contribution in [-0.2, 0) is 9.59 Å². The van der Waals surface area contributed by atoms with E-state index in [1.807, 2.05) is 24.3 Å². The van der Waals surface area contributed by atoms with E-state index in [4.69, 9.17) is 10.00 Å². The molecule has 2 amide bonds. The van der Waals surface area contributed by atoms with E-state index in [1.165, 1.54) is 6.42 Å². The van der Waals surface area contributed by atoms with Gasteiger partial charge in [0, 0.05) is 5.92 Å². The number of hydrazine groups is 1. The van der Waals surface area contributed by atoms with Crippen molar-refractivity contribution >= 4 is 11.8 Å². The van der Waals surface area contributed by atoms with E-state index in [2.05, 4.69) is 16.9 Å². The molecule has 2 N–H and O–H groups in total. The Bertz CT molecular complexity index is 848. The number of rotatable bonds is 5. The van der Waals surface area contributed by atoms with Crippen LogP contribution in [0.25, 0.3) is 11.1 Å². The molecular weight excluding hydrogens is 354 g/mol. The minimum absolute atomic E-state index is 0.00950. The number of benzene rings is 2. The lowest BCUT2D eigenvalue weighted by molar-refractivity contribution is -0.132. The van der Waals surface area contributed by atoms with Crippen molar-refractivity contribution < 1.29 is 14.3 Å². The summed E-state index contributed by atoms with van der Waals surface area (Å²) in [6.45, 7) is -0.179. The Morgan fingerprint density at radius 1 is 0.929 bits per heavy atom. The van der Waals surface area contributed by atoms with Crippen molar-refractivity contribution in [1.29, 1.82) is 5.26 Å². The zero-order valence-electron chi connectivity index (χ0n) is 15.6. The Hall–Kier alpha value is -3.33. The SMILES string of the molecule is N#Cc1ccc(-c2ccc(OCC(=O)NNC(=O)C3CCCCC3)cc2)cc1. The molecule has 0 atom stereocenters. The molecule has 6 nitrogen and oxygen atoms in total. The summed E-state index contributed by atoms with van der Waals surface area (Å²) in [4.78, 5) is 23.9. The van der Waals surface area contributed by atoms with Crippen LogP contribution < -0.4 is 15.6 Å². The number of hydrogen-bond donors (Lipinski definition) is 2. The summed E-state index contributed by atoms with van der Waals surface area (Å²) in [6, 6.07) is 16.7. The fourth-order valence-electron chi connectivity index (χ4n) is 3.26. The largest absolute Gasteiger partial charge is 0.484 e. The highest BCUT2D eigenvalue weighted by atomic mass is 16.5. The molecule has 1 fully saturated rings. The van der Waals surface area contributed by atoms with Crippen molar-refractivity contribution in [2.45, 2.75) is 32.1 Å². The normalized spacial score (nSPS) is 14.0. The van der Waals surface area contributed by atoms with E-state index in [0.717, 1.165) is 36.8 Å². The summed E-state index contributed by atoms with van der Waals surface area (Å²) in [7, 11) is 0. The van der Waals surface area contributed by atoms with Crippen LogP contribution in [0.1, 0.15) is 37.7 Å². The van der Waals surface area contributed by atoms with Crippen LogP contribution in [-0.4, -0.2) is 18.4 Å². The lowest BCUT2D eigenvalue weighted by Crippen LogP contribution is -2.46. The first-order valence-corrected chi connectivity index (χ1v) is 9.48. The quantitative estimate of drug-likeness (QED) is 0.782. The predicted molar refractivity (Wildman–Crippen MR) is 105 cm³/mol. The van der Waals surface area contributed by atoms with Gasteiger partial charge < -0.3 is 4.74 Å². The monoisotopic (exact) mass is 377 g/mol. The molecule has 144 valence electrons. The van der Waals surface area contributed by atoms with Gasteiger partial charge in [-0.15, -0.1) is 0 Å². The van der Waals surface area contributed by atoms with Gasteiger partial charge in [0.1, 0.15) is 5.75 Å². The van der Waals surface area contributed by atoms with Crippen LogP contribution >= 0.6 is 0 Å². The highest BCUT2D eigenvalue weighted by Gasteiger charge is 2.21. The van der Waals surface area contributed by atoms with Crippen molar-refractivity contribution in [3.05, 3.63) is 54.1 Å². The van der Waals surface area contributed by atoms with Gasteiger partial charge in [0.25, 0.3) is 5.91 Å². The van der Waals surface area contributed by atoms with Crippen molar-refractivity contribution in [1.82, 2.24) is 10.9 Å². The van der Waals surface area contributed by atoms with Crippen LogP contribution in [0.2, 0.25) is 0 Å². The second kappa shape index (κ2) is 9.56. The minimum Gasteiger partial charge on any atom is -0.484 e. The summed E-state index contributed by atoms with van der Waals surface area (Å²) in [6.07, 6.45) is 5.06. The summed E-state index contributed by atoms with van der Waals surface area (Å²) in [5.41, 5.74) is 7.49. The van der Waals surface area contributed by atoms with Gasteiger partial charge in [-0.25, -0.2) is 0 Å². The van der Waals surface area contributed by atoms with Gasteiger partial charge >= 0.3 is 0 Å². The molecule has 6 heteroatoms. The molecule has 0 bridgehead atoms. The van der Waals surface area contributed by atoms with E-state index < -0.39 is 5.91 Å². The maximum Gasteiger partial charge on any atom is 0.276 e. The molecule has 0 aromatic heterocycles. The average Bonchev–Trinajstić information content (AvgIpc) is 2.77. The van der Waals surface area contributed by atoms with Crippen molar-refractivity contribution in [3.63, 3.8) is 0 Å². The molecule has 0 aliphatic heterocycles. The summed E-state index contributed by atoms with van der Waals surface area (Å²) < 4.78 is 5.47. The van der Waals surface area contributed by atoms with Gasteiger partial charge in [0.15, 0.2) is 6.61 Å². The highest BCUT2D eigenvalue weighted by Crippen LogP contribution is 2.24. The minimum atomic E-state index is -0.402. The van der Waals surface area contributed by atoms with Crippen molar-refractivity contribution in [3.8, 4) is 22.9 Å². The molecule has 0 radical (unpaired) electrons. The van der Waals surface area contributed by atoms with Gasteiger partial charge in [-0.3, -0.25) is 20.4 Å². The first-order chi connectivity index (χ1) is 13.7. The maximum atomic E-state index is 12.0. The van der Waals surface area contributed by atoms with Crippen LogP contribution in [0.4, 0.5) is 0 Å². The number of carbonyl (C=O) groups is 2. The second-order valence-electron chi connectivity index (χ2n) is 6.87. The van der Waals surface area contributed by atoms with E-state index in [-0.39, 0.29) is 18.4 Å². The van der Waals surface area contributed by atoms with E-state index in [0.29, 0.717) is 11.3 Å². The van der Waals surface area contributed by atoms with Crippen LogP contribution in [0.3, 0.4) is 0 Å². The Labute approximate surface area is 164 Å². The van der Waals surface area contributed by atoms with Gasteiger partial charge in [-0.2, -0.15) is 5.26 Å². The Morgan fingerprint density at radius 2 is 1.54 bits per heavy atom. The van der Waals surface area contributed by atoms with E-state index in [1.54, 1.807) is 24.3 Å². The Kier molecular flexibility index (Phi) is 6.64. The van der Waals surface area contributed by atoms with Crippen molar-refractivity contribution in [2.75, 3.05) is 6.61 Å². The Morgan fingerprint density at radius 3 is 2.14 bits per heavy atom. The zero-order valence-corrected chi connectivity index (χ0v) is 15.6. The van der Waals surface area contributed by atoms with Crippen LogP contribution in [0.15, 0.2) is 48.5 Å². The summed E-state index contributed by atoms with van der Waals surface area (Å²) in [5.74, 6) is 0.0241. The summed E-state index contributed by atoms with van der Waals surface area (Å²) >= 11 is 0. The number of hydrogen-bond acceptors (Lipinski definition) is 4. The molecule has 0 unspecified atom stereocenters. The molecule has 0 heterocycles. The second-order valence-corrected chi connectivity index (χ2v) is 6.87. The third-order valence-electron chi connectivity index (χ3n) is 4.87. The van der Waals surface area contributed by atoms with E-state index in [9.17, 15) is 9.59 Å². The first kappa shape index (κ1) is 19.4. The number of nitrogens with zero attached hydrogens (tertiary/aromatic N) is 1. The highest BCUT2D eigenvalue weighted by molar-refractivity contribution is 5.84. The number of nitriles is 1. The molecule has 3 rings (SSSR count). The van der Waals surface area contributed by atoms with Crippen molar-refractivity contribution in [2.24, 2.45) is 5.92 Å². The third-order valence-corrected chi connectivity index (χ3v) is 4.87. The van der Waals surface area contributed by atoms with Crippen LogP contribution in [0, 0.1) is 17.2 Å². The predicted octanol–water partition coefficient (Wildman–Crippen LogP) is 3.33. The zero-order chi connectivity index (χ0) is 19.8. The van der Waals surface area contributed by atoms with Crippen LogP contribution in [0.5, 0.6) is 5.75 Å². The number of amides is 2. The molecule has 1 aliphatic rings. The topological polar surface area (TPSA) is 91.2 Å². The third kappa shape index (κ3) is 5.34. The molecule has 2 aromatic carbocycles. The average molecular weight is 377 g/mol. The molecule has 0 spiro atoms. The fraction of sp³-hybridized carbons (Fsp3) is 0.318. The standard InChI is InChI=1S/C22H23N3O3/c23-14-16-6-8-17(9-7-16)18-10-12-20(13-11-18)28-15-21(26)24-25-22(27)19-4-2-1-3-5-19/h6-13,19H,1-5,15H2,(H,24,26)(H,25,27). The molecular formula is C22H23N3O3. The lowest BCUT2D eigenvalue weighted by atomic mass is 9.89. The fourth-order valence-corrected chi connectivity index (χ4v) is 3.26. The lowest BCUT2D eigenvalue weighted by Gasteiger charge is -2.20. The van der Waals surface area contributed by atoms with Gasteiger partial charge in [0.05, 0.1) is 11.6 Å². The number of carbonyl (C=O) groups excluding carboxylic acids is 2. The molecule has 1 saturated carbocycles. The summed E-state index contributed by atoms with van der Waals surface area (Å²) in [5, 5.41) is 8.85. The number of ether oxygens (including phenoxy) is 1. The first-order valence-electron chi connectivity index (χ1n) is 9.48. The molecule has 28 heavy (non-hydrogen) atoms. The van der Waals surface area contributed by atoms with Gasteiger partial charge in [-0.1, -0.05) is 43.5 Å². The maximum absolute atomic E-state index is 12.0. The Balaban J connectivity index is 1.44. The number of nitrogens with one attached hydrogen (secondary N) is 2. The van der Waals surface area contributed by atoms with E-state index >= 15 is 0 Å². The smallest absolute Gasteiger partial charge is 0.276 e. The molecule has 2 aromatic rings.